The van der Waals surface area contributed by atoms with Crippen LogP contribution in [0.5, 0.6) is 0 Å². The van der Waals surface area contributed by atoms with E-state index >= 15 is 0 Å². The van der Waals surface area contributed by atoms with Crippen LogP contribution < -0.4 is 27.4 Å². The first-order valence-electron chi connectivity index (χ1n) is 18.6. The fraction of sp³-hybridized carbons (Fsp3) is 0.439. The van der Waals surface area contributed by atoms with E-state index in [1.165, 1.54) is 0 Å². The molecule has 0 unspecified atom stereocenters. The highest BCUT2D eigenvalue weighted by molar-refractivity contribution is 5.96. The van der Waals surface area contributed by atoms with Crippen molar-refractivity contribution in [1.82, 2.24) is 25.8 Å². The Bertz CT molecular complexity index is 1620. The molecule has 0 spiro atoms. The van der Waals surface area contributed by atoms with Crippen LogP contribution in [0, 0.1) is 5.92 Å². The van der Waals surface area contributed by atoms with Gasteiger partial charge >= 0.3 is 0 Å². The van der Waals surface area contributed by atoms with Crippen molar-refractivity contribution in [2.24, 2.45) is 17.4 Å². The molecule has 1 heterocycles. The van der Waals surface area contributed by atoms with Crippen LogP contribution in [-0.2, 0) is 32.0 Å². The summed E-state index contributed by atoms with van der Waals surface area (Å²) in [6.45, 7) is 5.75. The van der Waals surface area contributed by atoms with Gasteiger partial charge in [0.25, 0.3) is 5.91 Å². The highest BCUT2D eigenvalue weighted by Crippen LogP contribution is 2.14. The van der Waals surface area contributed by atoms with E-state index in [-0.39, 0.29) is 24.2 Å². The van der Waals surface area contributed by atoms with Crippen LogP contribution in [-0.4, -0.2) is 96.2 Å². The molecule has 7 N–H and O–H groups in total. The standard InChI is InChI=1S/C41H55N7O5/c1-29(2)26-35(46-39(51)36(28-31-16-8-4-9-17-31)45-37(49)33(43)27-30-14-6-3-7-15-30)38(50)44-34(20-12-13-21-42)41(53)48-24-22-47(23-25-48)40(52)32-18-10-5-11-19-32/h3-11,14-19,29,33-36H,12-13,20-28,42-43H2,1-2H3,(H,44,50)(H,45,49)(H,46,51)/t33-,34-,35-,36-/m1/s1. The summed E-state index contributed by atoms with van der Waals surface area (Å²) in [5, 5.41) is 8.67. The molecule has 3 aromatic rings. The molecule has 3 aromatic carbocycles. The first-order chi connectivity index (χ1) is 25.5. The van der Waals surface area contributed by atoms with E-state index in [0.29, 0.717) is 70.4 Å². The third-order valence-electron chi connectivity index (χ3n) is 9.35. The quantitative estimate of drug-likeness (QED) is 0.125. The van der Waals surface area contributed by atoms with Gasteiger partial charge in [-0.25, -0.2) is 0 Å². The Kier molecular flexibility index (Phi) is 16.0. The molecule has 0 aromatic heterocycles. The maximum atomic E-state index is 14.0. The molecule has 0 saturated carbocycles. The van der Waals surface area contributed by atoms with Crippen LogP contribution >= 0.6 is 0 Å². The zero-order valence-electron chi connectivity index (χ0n) is 30.9. The Hall–Kier alpha value is -5.07. The van der Waals surface area contributed by atoms with E-state index in [1.807, 2.05) is 92.7 Å². The number of hydrogen-bond donors (Lipinski definition) is 5. The number of nitrogens with two attached hydrogens (primary N) is 2. The smallest absolute Gasteiger partial charge is 0.253 e. The van der Waals surface area contributed by atoms with Gasteiger partial charge in [-0.1, -0.05) is 92.7 Å². The van der Waals surface area contributed by atoms with E-state index in [1.54, 1.807) is 21.9 Å². The van der Waals surface area contributed by atoms with E-state index < -0.39 is 41.9 Å². The van der Waals surface area contributed by atoms with Crippen molar-refractivity contribution in [1.29, 1.82) is 0 Å². The second-order valence-electron chi connectivity index (χ2n) is 14.1. The predicted octanol–water partition coefficient (Wildman–Crippen LogP) is 2.41. The van der Waals surface area contributed by atoms with E-state index in [0.717, 1.165) is 11.1 Å². The minimum absolute atomic E-state index is 0.0223. The first-order valence-corrected chi connectivity index (χ1v) is 18.6. The summed E-state index contributed by atoms with van der Waals surface area (Å²) in [6.07, 6.45) is 2.46. The van der Waals surface area contributed by atoms with Gasteiger partial charge in [-0.2, -0.15) is 0 Å². The summed E-state index contributed by atoms with van der Waals surface area (Å²) < 4.78 is 0. The minimum atomic E-state index is -1.01. The molecular formula is C41H55N7O5. The van der Waals surface area contributed by atoms with Crippen LogP contribution in [0.1, 0.15) is 61.0 Å². The third kappa shape index (κ3) is 12.8. The molecule has 1 aliphatic rings. The molecule has 4 rings (SSSR count). The lowest BCUT2D eigenvalue weighted by Crippen LogP contribution is -2.60. The molecule has 0 radical (unpaired) electrons. The molecule has 4 atom stereocenters. The van der Waals surface area contributed by atoms with Gasteiger partial charge in [0.1, 0.15) is 18.1 Å². The number of amides is 5. The molecule has 0 aliphatic carbocycles. The molecule has 53 heavy (non-hydrogen) atoms. The SMILES string of the molecule is CC(C)C[C@@H](NC(=O)[C@@H](Cc1ccccc1)NC(=O)[C@H](N)Cc1ccccc1)C(=O)N[C@H](CCCCN)C(=O)N1CCN(C(=O)c2ccccc2)CC1. The summed E-state index contributed by atoms with van der Waals surface area (Å²) >= 11 is 0. The number of benzene rings is 3. The van der Waals surface area contributed by atoms with Crippen molar-refractivity contribution in [3.63, 3.8) is 0 Å². The van der Waals surface area contributed by atoms with Crippen LogP contribution in [0.4, 0.5) is 0 Å². The van der Waals surface area contributed by atoms with E-state index in [4.69, 9.17) is 11.5 Å². The monoisotopic (exact) mass is 725 g/mol. The van der Waals surface area contributed by atoms with Gasteiger partial charge in [-0.3, -0.25) is 24.0 Å². The van der Waals surface area contributed by atoms with Gasteiger partial charge in [0.15, 0.2) is 0 Å². The molecule has 1 aliphatic heterocycles. The number of carbonyl (C=O) groups excluding carboxylic acids is 5. The summed E-state index contributed by atoms with van der Waals surface area (Å²) in [7, 11) is 0. The van der Waals surface area contributed by atoms with Gasteiger partial charge < -0.3 is 37.2 Å². The van der Waals surface area contributed by atoms with Crippen molar-refractivity contribution in [2.75, 3.05) is 32.7 Å². The van der Waals surface area contributed by atoms with Gasteiger partial charge in [-0.15, -0.1) is 0 Å². The van der Waals surface area contributed by atoms with Gasteiger partial charge in [-0.05, 0) is 67.8 Å². The number of unbranched alkanes of at least 4 members (excludes halogenated alkanes) is 1. The van der Waals surface area contributed by atoms with Crippen LogP contribution in [0.3, 0.4) is 0 Å². The molecule has 1 fully saturated rings. The first kappa shape index (κ1) is 40.7. The summed E-state index contributed by atoms with van der Waals surface area (Å²) in [4.78, 5) is 71.5. The lowest BCUT2D eigenvalue weighted by Gasteiger charge is -2.37. The lowest BCUT2D eigenvalue weighted by molar-refractivity contribution is -0.139. The Morgan fingerprint density at radius 1 is 0.623 bits per heavy atom. The number of nitrogens with one attached hydrogen (secondary N) is 3. The largest absolute Gasteiger partial charge is 0.343 e. The molecule has 1 saturated heterocycles. The average Bonchev–Trinajstić information content (AvgIpc) is 3.17. The molecule has 5 amide bonds. The molecule has 12 heteroatoms. The fourth-order valence-electron chi connectivity index (χ4n) is 6.41. The zero-order valence-corrected chi connectivity index (χ0v) is 30.9. The average molecular weight is 726 g/mol. The number of nitrogens with zero attached hydrogens (tertiary/aromatic N) is 2. The maximum Gasteiger partial charge on any atom is 0.253 e. The van der Waals surface area contributed by atoms with Gasteiger partial charge in [0.05, 0.1) is 6.04 Å². The van der Waals surface area contributed by atoms with E-state index in [2.05, 4.69) is 16.0 Å². The van der Waals surface area contributed by atoms with Crippen LogP contribution in [0.25, 0.3) is 0 Å². The normalized spacial score (nSPS) is 15.2. The van der Waals surface area contributed by atoms with Crippen LogP contribution in [0.15, 0.2) is 91.0 Å². The second kappa shape index (κ2) is 20.8. The van der Waals surface area contributed by atoms with Crippen LogP contribution in [0.2, 0.25) is 0 Å². The van der Waals surface area contributed by atoms with Crippen molar-refractivity contribution in [2.45, 2.75) is 76.5 Å². The Morgan fingerprint density at radius 3 is 1.68 bits per heavy atom. The van der Waals surface area contributed by atoms with Gasteiger partial charge in [0, 0.05) is 38.2 Å². The number of carbonyl (C=O) groups is 5. The fourth-order valence-corrected chi connectivity index (χ4v) is 6.41. The van der Waals surface area contributed by atoms with E-state index in [9.17, 15) is 24.0 Å². The summed E-state index contributed by atoms with van der Waals surface area (Å²) in [6, 6.07) is 24.0. The maximum absolute atomic E-state index is 14.0. The van der Waals surface area contributed by atoms with Crippen molar-refractivity contribution < 1.29 is 24.0 Å². The Morgan fingerprint density at radius 2 is 1.11 bits per heavy atom. The molecule has 284 valence electrons. The lowest BCUT2D eigenvalue weighted by atomic mass is 9.99. The highest BCUT2D eigenvalue weighted by atomic mass is 16.2. The Labute approximate surface area is 313 Å². The Balaban J connectivity index is 1.45. The molecular weight excluding hydrogens is 670 g/mol. The predicted molar refractivity (Wildman–Crippen MR) is 205 cm³/mol. The minimum Gasteiger partial charge on any atom is -0.343 e. The summed E-state index contributed by atoms with van der Waals surface area (Å²) in [5.41, 5.74) is 14.3. The summed E-state index contributed by atoms with van der Waals surface area (Å²) in [5.74, 6) is -1.79. The molecule has 0 bridgehead atoms. The van der Waals surface area contributed by atoms with Crippen molar-refractivity contribution in [3.05, 3.63) is 108 Å². The van der Waals surface area contributed by atoms with Crippen molar-refractivity contribution >= 4 is 29.5 Å². The highest BCUT2D eigenvalue weighted by Gasteiger charge is 2.34. The van der Waals surface area contributed by atoms with Gasteiger partial charge in [0.2, 0.25) is 23.6 Å². The number of hydrogen-bond acceptors (Lipinski definition) is 7. The van der Waals surface area contributed by atoms with Crippen molar-refractivity contribution in [3.8, 4) is 0 Å². The second-order valence-corrected chi connectivity index (χ2v) is 14.1. The number of piperazine rings is 1. The zero-order chi connectivity index (χ0) is 38.2. The third-order valence-corrected chi connectivity index (χ3v) is 9.35. The molecule has 12 nitrogen and oxygen atoms in total. The number of rotatable bonds is 18. The topological polar surface area (TPSA) is 180 Å².